The number of thiophene rings is 1. The van der Waals surface area contributed by atoms with Crippen molar-refractivity contribution in [1.29, 1.82) is 5.26 Å². The summed E-state index contributed by atoms with van der Waals surface area (Å²) in [6.07, 6.45) is 2.01. The average Bonchev–Trinajstić information content (AvgIpc) is 3.41. The largest absolute Gasteiger partial charge is 0.307 e. The second-order valence-corrected chi connectivity index (χ2v) is 9.52. The van der Waals surface area contributed by atoms with E-state index in [2.05, 4.69) is 41.5 Å². The van der Waals surface area contributed by atoms with Crippen LogP contribution in [0.3, 0.4) is 0 Å². The fraction of sp³-hybridized carbons (Fsp3) is 0.348. The van der Waals surface area contributed by atoms with Crippen LogP contribution < -0.4 is 5.32 Å². The molecule has 1 N–H and O–H groups in total. The van der Waals surface area contributed by atoms with Gasteiger partial charge in [-0.1, -0.05) is 0 Å². The Kier molecular flexibility index (Phi) is 5.80. The molecule has 9 heteroatoms. The molecule has 0 radical (unpaired) electrons. The fourth-order valence-electron chi connectivity index (χ4n) is 3.76. The number of nitrogens with zero attached hydrogens (tertiary/aromatic N) is 6. The van der Waals surface area contributed by atoms with Crippen LogP contribution in [0.4, 0.5) is 5.82 Å². The summed E-state index contributed by atoms with van der Waals surface area (Å²) in [5.74, 6) is 0.303. The normalized spacial score (nSPS) is 11.3. The summed E-state index contributed by atoms with van der Waals surface area (Å²) in [6.45, 7) is 10.5. The number of amides is 1. The number of anilines is 1. The van der Waals surface area contributed by atoms with Crippen molar-refractivity contribution in [1.82, 2.24) is 24.5 Å². The van der Waals surface area contributed by atoms with Gasteiger partial charge in [0.25, 0.3) is 5.91 Å². The first kappa shape index (κ1) is 21.7. The zero-order chi connectivity index (χ0) is 23.0. The highest BCUT2D eigenvalue weighted by Gasteiger charge is 2.21. The third kappa shape index (κ3) is 4.01. The van der Waals surface area contributed by atoms with Crippen molar-refractivity contribution in [3.05, 3.63) is 45.4 Å². The third-order valence-corrected chi connectivity index (χ3v) is 6.16. The van der Waals surface area contributed by atoms with Crippen LogP contribution in [0.15, 0.2) is 24.4 Å². The van der Waals surface area contributed by atoms with Gasteiger partial charge in [-0.05, 0) is 46.8 Å². The van der Waals surface area contributed by atoms with E-state index in [9.17, 15) is 4.79 Å². The number of carbonyl (C=O) groups excluding carboxylic acids is 1. The van der Waals surface area contributed by atoms with Gasteiger partial charge >= 0.3 is 0 Å². The first-order chi connectivity index (χ1) is 15.3. The Bertz CT molecular complexity index is 1350. The van der Waals surface area contributed by atoms with Crippen LogP contribution in [0.25, 0.3) is 22.3 Å². The van der Waals surface area contributed by atoms with Gasteiger partial charge in [0.05, 0.1) is 47.6 Å². The summed E-state index contributed by atoms with van der Waals surface area (Å²) in [7, 11) is 0. The van der Waals surface area contributed by atoms with E-state index in [-0.39, 0.29) is 11.9 Å². The molecule has 0 spiro atoms. The highest BCUT2D eigenvalue weighted by atomic mass is 32.1. The van der Waals surface area contributed by atoms with Crippen molar-refractivity contribution in [3.63, 3.8) is 0 Å². The number of nitrogens with one attached hydrogen (secondary N) is 1. The minimum absolute atomic E-state index is 0.103. The van der Waals surface area contributed by atoms with Crippen LogP contribution in [0.2, 0.25) is 0 Å². The summed E-state index contributed by atoms with van der Waals surface area (Å²) in [5.41, 5.74) is 3.73. The van der Waals surface area contributed by atoms with E-state index < -0.39 is 0 Å². The molecule has 164 valence electrons. The van der Waals surface area contributed by atoms with Gasteiger partial charge in [0.1, 0.15) is 5.82 Å². The number of aryl methyl sites for hydroxylation is 4. The molecule has 32 heavy (non-hydrogen) atoms. The lowest BCUT2D eigenvalue weighted by molar-refractivity contribution is 0.102. The molecule has 4 heterocycles. The molecule has 0 fully saturated rings. The van der Waals surface area contributed by atoms with Gasteiger partial charge in [0.2, 0.25) is 0 Å². The lowest BCUT2D eigenvalue weighted by atomic mass is 10.1. The van der Waals surface area contributed by atoms with Gasteiger partial charge in [0, 0.05) is 27.4 Å². The lowest BCUT2D eigenvalue weighted by Gasteiger charge is -2.11. The maximum Gasteiger partial charge on any atom is 0.257 e. The molecule has 0 aliphatic carbocycles. The quantitative estimate of drug-likeness (QED) is 0.447. The van der Waals surface area contributed by atoms with Crippen LogP contribution in [0, 0.1) is 32.1 Å². The zero-order valence-corrected chi connectivity index (χ0v) is 19.6. The number of nitriles is 1. The summed E-state index contributed by atoms with van der Waals surface area (Å²) in [4.78, 5) is 20.7. The van der Waals surface area contributed by atoms with Gasteiger partial charge in [-0.25, -0.2) is 14.3 Å². The molecule has 8 nitrogen and oxygen atoms in total. The van der Waals surface area contributed by atoms with Crippen molar-refractivity contribution >= 4 is 34.1 Å². The summed E-state index contributed by atoms with van der Waals surface area (Å²) < 4.78 is 3.49. The number of rotatable bonds is 6. The Morgan fingerprint density at radius 2 is 2.03 bits per heavy atom. The molecule has 4 aromatic rings. The minimum Gasteiger partial charge on any atom is -0.307 e. The van der Waals surface area contributed by atoms with Gasteiger partial charge in [0.15, 0.2) is 5.65 Å². The van der Waals surface area contributed by atoms with Crippen molar-refractivity contribution in [2.24, 2.45) is 0 Å². The molecular formula is C23H25N7OS. The van der Waals surface area contributed by atoms with Crippen LogP contribution in [-0.2, 0) is 6.54 Å². The van der Waals surface area contributed by atoms with E-state index in [0.717, 1.165) is 21.8 Å². The summed E-state index contributed by atoms with van der Waals surface area (Å²) in [5, 5.41) is 21.5. The lowest BCUT2D eigenvalue weighted by Crippen LogP contribution is -2.17. The van der Waals surface area contributed by atoms with Crippen molar-refractivity contribution in [3.8, 4) is 17.3 Å². The predicted molar refractivity (Wildman–Crippen MR) is 126 cm³/mol. The van der Waals surface area contributed by atoms with Crippen LogP contribution in [0.1, 0.15) is 52.1 Å². The smallest absolute Gasteiger partial charge is 0.257 e. The number of hydrogen-bond donors (Lipinski definition) is 1. The summed E-state index contributed by atoms with van der Waals surface area (Å²) in [6, 6.07) is 7.96. The Hall–Kier alpha value is -3.51. The molecule has 4 rings (SSSR count). The molecule has 0 saturated carbocycles. The van der Waals surface area contributed by atoms with Crippen LogP contribution in [0.5, 0.6) is 0 Å². The monoisotopic (exact) mass is 447 g/mol. The Morgan fingerprint density at radius 3 is 2.69 bits per heavy atom. The SMILES string of the molecule is Cc1cc(NC(=O)c2cc(-c3cc(C)sc3C)nc3c2cnn3C(C)C)n(CCC#N)n1. The van der Waals surface area contributed by atoms with E-state index >= 15 is 0 Å². The van der Waals surface area contributed by atoms with E-state index in [1.54, 1.807) is 28.3 Å². The molecule has 0 aromatic carbocycles. The first-order valence-electron chi connectivity index (χ1n) is 10.5. The third-order valence-electron chi connectivity index (χ3n) is 5.20. The molecule has 0 aliphatic heterocycles. The molecule has 1 amide bonds. The first-order valence-corrected chi connectivity index (χ1v) is 11.3. The van der Waals surface area contributed by atoms with Crippen LogP contribution >= 0.6 is 11.3 Å². The highest BCUT2D eigenvalue weighted by Crippen LogP contribution is 2.32. The highest BCUT2D eigenvalue weighted by molar-refractivity contribution is 7.12. The minimum atomic E-state index is -0.260. The van der Waals surface area contributed by atoms with Crippen molar-refractivity contribution in [2.45, 2.75) is 53.6 Å². The van der Waals surface area contributed by atoms with Crippen molar-refractivity contribution in [2.75, 3.05) is 5.32 Å². The fourth-order valence-corrected chi connectivity index (χ4v) is 4.70. The van der Waals surface area contributed by atoms with Crippen molar-refractivity contribution < 1.29 is 4.79 Å². The number of carbonyl (C=O) groups is 1. The zero-order valence-electron chi connectivity index (χ0n) is 18.8. The van der Waals surface area contributed by atoms with Gasteiger partial charge in [-0.3, -0.25) is 4.79 Å². The maximum absolute atomic E-state index is 13.4. The Morgan fingerprint density at radius 1 is 1.25 bits per heavy atom. The average molecular weight is 448 g/mol. The summed E-state index contributed by atoms with van der Waals surface area (Å²) >= 11 is 1.71. The van der Waals surface area contributed by atoms with E-state index in [1.807, 2.05) is 31.5 Å². The van der Waals surface area contributed by atoms with Gasteiger partial charge < -0.3 is 5.32 Å². The molecular weight excluding hydrogens is 422 g/mol. The molecule has 0 unspecified atom stereocenters. The molecule has 0 aliphatic rings. The van der Waals surface area contributed by atoms with E-state index in [1.165, 1.54) is 4.88 Å². The number of aromatic nitrogens is 5. The molecule has 0 saturated heterocycles. The number of hydrogen-bond acceptors (Lipinski definition) is 6. The van der Waals surface area contributed by atoms with E-state index in [4.69, 9.17) is 10.2 Å². The second kappa shape index (κ2) is 8.55. The molecule has 4 aromatic heterocycles. The molecule has 0 atom stereocenters. The predicted octanol–water partition coefficient (Wildman–Crippen LogP) is 5.03. The Balaban J connectivity index is 1.82. The number of fused-ring (bicyclic) bond motifs is 1. The molecule has 0 bridgehead atoms. The number of pyridine rings is 1. The second-order valence-electron chi connectivity index (χ2n) is 8.06. The Labute approximate surface area is 190 Å². The standard InChI is InChI=1S/C23H25N7OS/c1-13(2)30-22-19(12-25-30)18(11-20(26-22)17-10-15(4)32-16(17)5)23(31)27-21-9-14(3)28-29(21)8-6-7-24/h9-13H,6,8H2,1-5H3,(H,27,31). The maximum atomic E-state index is 13.4. The van der Waals surface area contributed by atoms with Gasteiger partial charge in [-0.2, -0.15) is 15.5 Å². The van der Waals surface area contributed by atoms with E-state index in [0.29, 0.717) is 35.4 Å². The topological polar surface area (TPSA) is 101 Å². The van der Waals surface area contributed by atoms with Crippen LogP contribution in [-0.4, -0.2) is 30.5 Å². The van der Waals surface area contributed by atoms with Gasteiger partial charge in [-0.15, -0.1) is 11.3 Å².